The summed E-state index contributed by atoms with van der Waals surface area (Å²) < 4.78 is 40.9. The molecule has 0 saturated carbocycles. The summed E-state index contributed by atoms with van der Waals surface area (Å²) >= 11 is 0. The molecule has 2 heterocycles. The Morgan fingerprint density at radius 2 is 1.93 bits per heavy atom. The van der Waals surface area contributed by atoms with Gasteiger partial charge in [0.15, 0.2) is 0 Å². The van der Waals surface area contributed by atoms with Crippen LogP contribution >= 0.6 is 0 Å². The summed E-state index contributed by atoms with van der Waals surface area (Å²) in [6, 6.07) is 5.33. The Kier molecular flexibility index (Phi) is 6.20. The second kappa shape index (κ2) is 8.64. The lowest BCUT2D eigenvalue weighted by Crippen LogP contribution is -2.44. The molecule has 152 valence electrons. The van der Waals surface area contributed by atoms with Crippen molar-refractivity contribution < 1.29 is 18.0 Å². The van der Waals surface area contributed by atoms with Gasteiger partial charge in [0.25, 0.3) is 5.91 Å². The molecule has 0 aliphatic carbocycles. The Labute approximate surface area is 167 Å². The third-order valence-corrected chi connectivity index (χ3v) is 4.83. The maximum atomic E-state index is 13.6. The molecule has 1 aromatic heterocycles. The minimum Gasteiger partial charge on any atom is -0.322 e. The fourth-order valence-electron chi connectivity index (χ4n) is 3.15. The predicted octanol–water partition coefficient (Wildman–Crippen LogP) is 3.08. The number of hydrogen-bond acceptors (Lipinski definition) is 4. The Morgan fingerprint density at radius 3 is 2.59 bits per heavy atom. The van der Waals surface area contributed by atoms with Gasteiger partial charge < -0.3 is 10.2 Å². The zero-order valence-electron chi connectivity index (χ0n) is 16.0. The monoisotopic (exact) mass is 402 g/mol. The maximum absolute atomic E-state index is 13.6. The molecule has 1 aromatic carbocycles. The van der Waals surface area contributed by atoms with Crippen molar-refractivity contribution in [2.45, 2.75) is 12.7 Å². The summed E-state index contributed by atoms with van der Waals surface area (Å²) in [5.74, 6) is 1.79. The first-order valence-corrected chi connectivity index (χ1v) is 9.10. The van der Waals surface area contributed by atoms with Crippen LogP contribution in [0.1, 0.15) is 27.0 Å². The highest BCUT2D eigenvalue weighted by atomic mass is 19.4. The van der Waals surface area contributed by atoms with Crippen molar-refractivity contribution in [1.82, 2.24) is 14.8 Å². The van der Waals surface area contributed by atoms with Crippen LogP contribution in [-0.2, 0) is 12.7 Å². The van der Waals surface area contributed by atoms with Crippen molar-refractivity contribution in [3.05, 3.63) is 58.9 Å². The number of aromatic nitrogens is 1. The minimum absolute atomic E-state index is 0.0653. The fourth-order valence-corrected chi connectivity index (χ4v) is 3.15. The van der Waals surface area contributed by atoms with E-state index in [4.69, 9.17) is 6.42 Å². The number of terminal acetylenes is 1. The molecule has 8 heteroatoms. The van der Waals surface area contributed by atoms with Crippen molar-refractivity contribution in [2.75, 3.05) is 38.5 Å². The first-order valence-electron chi connectivity index (χ1n) is 9.10. The van der Waals surface area contributed by atoms with E-state index in [2.05, 4.69) is 21.1 Å². The van der Waals surface area contributed by atoms with E-state index in [9.17, 15) is 18.0 Å². The number of halogens is 3. The third kappa shape index (κ3) is 5.34. The lowest BCUT2D eigenvalue weighted by atomic mass is 10.0. The predicted molar refractivity (Wildman–Crippen MR) is 104 cm³/mol. The van der Waals surface area contributed by atoms with Crippen LogP contribution in [0.25, 0.3) is 0 Å². The third-order valence-electron chi connectivity index (χ3n) is 4.83. The largest absolute Gasteiger partial charge is 0.416 e. The second-order valence-electron chi connectivity index (χ2n) is 7.01. The van der Waals surface area contributed by atoms with Crippen LogP contribution in [0, 0.1) is 12.3 Å². The normalized spacial score (nSPS) is 15.7. The van der Waals surface area contributed by atoms with Gasteiger partial charge in [-0.25, -0.2) is 0 Å². The first kappa shape index (κ1) is 20.8. The van der Waals surface area contributed by atoms with Crippen LogP contribution in [0.5, 0.6) is 0 Å². The fraction of sp³-hybridized carbons (Fsp3) is 0.333. The van der Waals surface area contributed by atoms with Gasteiger partial charge in [-0.3, -0.25) is 14.7 Å². The van der Waals surface area contributed by atoms with Gasteiger partial charge in [0, 0.05) is 56.4 Å². The molecule has 1 aliphatic rings. The van der Waals surface area contributed by atoms with Crippen molar-refractivity contribution in [3.63, 3.8) is 0 Å². The lowest BCUT2D eigenvalue weighted by Gasteiger charge is -2.33. The van der Waals surface area contributed by atoms with Crippen LogP contribution in [0.2, 0.25) is 0 Å². The van der Waals surface area contributed by atoms with Gasteiger partial charge >= 0.3 is 6.18 Å². The van der Waals surface area contributed by atoms with E-state index in [1.165, 1.54) is 30.6 Å². The number of rotatable bonds is 4. The summed E-state index contributed by atoms with van der Waals surface area (Å²) in [6.45, 7) is 3.28. The van der Waals surface area contributed by atoms with Crippen molar-refractivity contribution in [3.8, 4) is 12.3 Å². The summed E-state index contributed by atoms with van der Waals surface area (Å²) in [4.78, 5) is 20.4. The topological polar surface area (TPSA) is 48.5 Å². The van der Waals surface area contributed by atoms with E-state index >= 15 is 0 Å². The summed E-state index contributed by atoms with van der Waals surface area (Å²) in [7, 11) is 1.99. The van der Waals surface area contributed by atoms with Crippen LogP contribution in [0.3, 0.4) is 0 Å². The molecule has 1 aliphatic heterocycles. The molecule has 1 fully saturated rings. The van der Waals surface area contributed by atoms with Crippen LogP contribution in [0.15, 0.2) is 36.7 Å². The van der Waals surface area contributed by atoms with E-state index in [0.717, 1.165) is 19.2 Å². The molecule has 0 atom stereocenters. The maximum Gasteiger partial charge on any atom is 0.416 e. The number of alkyl halides is 3. The number of carbonyl (C=O) groups is 1. The number of anilines is 1. The molecule has 0 unspecified atom stereocenters. The molecule has 5 nitrogen and oxygen atoms in total. The van der Waals surface area contributed by atoms with Gasteiger partial charge in [-0.1, -0.05) is 12.0 Å². The average Bonchev–Trinajstić information content (AvgIpc) is 2.70. The average molecular weight is 402 g/mol. The Balaban J connectivity index is 1.80. The molecule has 1 amide bonds. The van der Waals surface area contributed by atoms with Gasteiger partial charge in [-0.2, -0.15) is 13.2 Å². The quantitative estimate of drug-likeness (QED) is 0.799. The standard InChI is InChI=1S/C21H21F3N4O/c1-3-15-10-17(13-25-12-15)20(29)26-18-5-4-16(19(11-18)21(22,23)24)14-28-8-6-27(2)7-9-28/h1,4-5,10-13H,6-9,14H2,2H3,(H,26,29). The molecule has 0 radical (unpaired) electrons. The van der Waals surface area contributed by atoms with Gasteiger partial charge in [0.2, 0.25) is 0 Å². The number of piperazine rings is 1. The van der Waals surface area contributed by atoms with Crippen LogP contribution in [-0.4, -0.2) is 53.9 Å². The smallest absolute Gasteiger partial charge is 0.322 e. The minimum atomic E-state index is -4.52. The number of pyridine rings is 1. The number of likely N-dealkylation sites (N-methyl/N-ethyl adjacent to an activating group) is 1. The Bertz CT molecular complexity index is 928. The molecule has 2 aromatic rings. The number of nitrogens with zero attached hydrogens (tertiary/aromatic N) is 3. The number of nitrogens with one attached hydrogen (secondary N) is 1. The number of amides is 1. The molecule has 3 rings (SSSR count). The molecule has 29 heavy (non-hydrogen) atoms. The van der Waals surface area contributed by atoms with Gasteiger partial charge in [0.1, 0.15) is 0 Å². The molecule has 1 saturated heterocycles. The van der Waals surface area contributed by atoms with Crippen LogP contribution < -0.4 is 5.32 Å². The number of hydrogen-bond donors (Lipinski definition) is 1. The summed E-state index contributed by atoms with van der Waals surface area (Å²) in [5.41, 5.74) is 0.100. The van der Waals surface area contributed by atoms with Gasteiger partial charge in [-0.15, -0.1) is 6.42 Å². The first-order chi connectivity index (χ1) is 13.8. The SMILES string of the molecule is C#Cc1cncc(C(=O)Nc2ccc(CN3CCN(C)CC3)c(C(F)(F)F)c2)c1. The van der Waals surface area contributed by atoms with E-state index in [-0.39, 0.29) is 23.4 Å². The highest BCUT2D eigenvalue weighted by molar-refractivity contribution is 6.04. The van der Waals surface area contributed by atoms with E-state index in [0.29, 0.717) is 18.7 Å². The van der Waals surface area contributed by atoms with Crippen molar-refractivity contribution in [1.29, 1.82) is 0 Å². The van der Waals surface area contributed by atoms with Crippen molar-refractivity contribution in [2.24, 2.45) is 0 Å². The van der Waals surface area contributed by atoms with E-state index in [1.807, 2.05) is 11.9 Å². The van der Waals surface area contributed by atoms with E-state index < -0.39 is 17.6 Å². The summed E-state index contributed by atoms with van der Waals surface area (Å²) in [6.07, 6.45) is 3.50. The summed E-state index contributed by atoms with van der Waals surface area (Å²) in [5, 5.41) is 2.49. The van der Waals surface area contributed by atoms with Crippen LogP contribution in [0.4, 0.5) is 18.9 Å². The highest BCUT2D eigenvalue weighted by Crippen LogP contribution is 2.34. The number of benzene rings is 1. The zero-order chi connectivity index (χ0) is 21.0. The van der Waals surface area contributed by atoms with Gasteiger partial charge in [-0.05, 0) is 30.8 Å². The Hall–Kier alpha value is -2.89. The molecule has 0 spiro atoms. The molecular formula is C21H21F3N4O. The zero-order valence-corrected chi connectivity index (χ0v) is 16.0. The molecule has 0 bridgehead atoms. The highest BCUT2D eigenvalue weighted by Gasteiger charge is 2.34. The Morgan fingerprint density at radius 1 is 1.21 bits per heavy atom. The van der Waals surface area contributed by atoms with Gasteiger partial charge in [0.05, 0.1) is 11.1 Å². The molecular weight excluding hydrogens is 381 g/mol. The molecule has 1 N–H and O–H groups in total. The number of carbonyl (C=O) groups excluding carboxylic acids is 1. The van der Waals surface area contributed by atoms with E-state index in [1.54, 1.807) is 0 Å². The lowest BCUT2D eigenvalue weighted by molar-refractivity contribution is -0.138. The second-order valence-corrected chi connectivity index (χ2v) is 7.01. The van der Waals surface area contributed by atoms with Crippen molar-refractivity contribution >= 4 is 11.6 Å².